The molecule has 202 valence electrons. The van der Waals surface area contributed by atoms with Gasteiger partial charge in [0.25, 0.3) is 0 Å². The molecule has 0 aliphatic carbocycles. The molecule has 1 unspecified atom stereocenters. The van der Waals surface area contributed by atoms with E-state index in [-0.39, 0.29) is 41.0 Å². The lowest BCUT2D eigenvalue weighted by Crippen LogP contribution is -2.50. The Morgan fingerprint density at radius 3 is 2.43 bits per heavy atom. The standard InChI is InChI=1S/C13H22N6O2S.C3H8BrN.C3H8N4.BrH/c14-19-16-7-3-6-15-11(20)5-2-1-4-10-12-9(8-22-10)17-13(21)18-12;4-2-1-3-5;4-2-1-3-6-7-5;/h9-10,12H,1-8H2,(H,15,20)(H2,17,18,21);1-3,5H2;1-4H2;1H/p+1/t9-,10?,12-;;;/m0.../s1. The zero-order chi connectivity index (χ0) is 25.4. The number of unbranched alkanes of at least 4 members (excludes halogenated alkanes) is 1. The van der Waals surface area contributed by atoms with Crippen molar-refractivity contribution in [2.24, 2.45) is 16.0 Å². The maximum absolute atomic E-state index is 11.6. The first-order valence-corrected chi connectivity index (χ1v) is 13.7. The van der Waals surface area contributed by atoms with Gasteiger partial charge in [-0.2, -0.15) is 11.8 Å². The largest absolute Gasteiger partial charge is 0.358 e. The van der Waals surface area contributed by atoms with Gasteiger partial charge in [-0.3, -0.25) is 4.79 Å². The highest BCUT2D eigenvalue weighted by molar-refractivity contribution is 9.09. The number of thioether (sulfide) groups is 1. The number of amides is 3. The minimum absolute atomic E-state index is 0. The second-order valence-corrected chi connectivity index (χ2v) is 9.58. The minimum Gasteiger partial charge on any atom is -0.358 e. The molecule has 0 aromatic rings. The van der Waals surface area contributed by atoms with Crippen molar-refractivity contribution in [1.82, 2.24) is 16.0 Å². The van der Waals surface area contributed by atoms with Crippen LogP contribution in [0, 0.1) is 0 Å². The molecule has 0 spiro atoms. The first-order valence-electron chi connectivity index (χ1n) is 11.6. The van der Waals surface area contributed by atoms with Crippen LogP contribution in [0.4, 0.5) is 4.79 Å². The Labute approximate surface area is 230 Å². The fourth-order valence-electron chi connectivity index (χ4n) is 3.09. The summed E-state index contributed by atoms with van der Waals surface area (Å²) in [6, 6.07) is 0.453. The van der Waals surface area contributed by atoms with Crippen molar-refractivity contribution in [2.75, 3.05) is 43.8 Å². The number of quaternary nitrogens is 1. The van der Waals surface area contributed by atoms with Crippen LogP contribution in [0.2, 0.25) is 0 Å². The fraction of sp³-hybridized carbons (Fsp3) is 0.895. The number of fused-ring (bicyclic) bond motifs is 1. The van der Waals surface area contributed by atoms with Gasteiger partial charge in [-0.25, -0.2) is 4.79 Å². The molecule has 13 nitrogen and oxygen atoms in total. The number of nitrogens with zero attached hydrogens (tertiary/aromatic N) is 6. The highest BCUT2D eigenvalue weighted by atomic mass is 79.9. The summed E-state index contributed by atoms with van der Waals surface area (Å²) in [6.07, 6.45) is 6.05. The van der Waals surface area contributed by atoms with Gasteiger partial charge in [0.2, 0.25) is 5.91 Å². The highest BCUT2D eigenvalue weighted by Crippen LogP contribution is 2.33. The minimum atomic E-state index is -0.0552. The van der Waals surface area contributed by atoms with Crippen LogP contribution in [-0.4, -0.2) is 73.1 Å². The van der Waals surface area contributed by atoms with Gasteiger partial charge in [0.1, 0.15) is 0 Å². The molecule has 3 amide bonds. The van der Waals surface area contributed by atoms with Gasteiger partial charge in [-0.15, -0.1) is 17.0 Å². The van der Waals surface area contributed by atoms with Gasteiger partial charge in [0.15, 0.2) is 0 Å². The van der Waals surface area contributed by atoms with E-state index in [9.17, 15) is 9.59 Å². The van der Waals surface area contributed by atoms with Crippen LogP contribution in [0.3, 0.4) is 0 Å². The van der Waals surface area contributed by atoms with Crippen molar-refractivity contribution in [2.45, 2.75) is 62.3 Å². The van der Waals surface area contributed by atoms with Crippen LogP contribution in [0.5, 0.6) is 0 Å². The number of nitrogens with two attached hydrogens (primary N) is 1. The second kappa shape index (κ2) is 25.7. The molecular formula is C19H40Br2N11O2S+. The van der Waals surface area contributed by atoms with Crippen molar-refractivity contribution >= 4 is 56.6 Å². The lowest BCUT2D eigenvalue weighted by Gasteiger charge is -2.16. The van der Waals surface area contributed by atoms with E-state index in [1.54, 1.807) is 0 Å². The number of halogens is 2. The van der Waals surface area contributed by atoms with Crippen molar-refractivity contribution in [3.8, 4) is 0 Å². The van der Waals surface area contributed by atoms with Crippen molar-refractivity contribution in [3.05, 3.63) is 20.9 Å². The number of rotatable bonds is 14. The fourth-order valence-corrected chi connectivity index (χ4v) is 5.03. The summed E-state index contributed by atoms with van der Waals surface area (Å²) in [6.45, 7) is 3.13. The number of nitrogens with one attached hydrogen (secondary N) is 3. The number of carbonyl (C=O) groups excluding carboxylic acids is 2. The molecule has 2 fully saturated rings. The number of alkyl halides is 1. The molecular weight excluding hydrogens is 606 g/mol. The molecule has 8 N–H and O–H groups in total. The summed E-state index contributed by atoms with van der Waals surface area (Å²) in [7, 11) is 0. The Kier molecular flexibility index (Phi) is 26.2. The lowest BCUT2D eigenvalue weighted by molar-refractivity contribution is -0.367. The Bertz CT molecular complexity index is 663. The second-order valence-electron chi connectivity index (χ2n) is 7.52. The summed E-state index contributed by atoms with van der Waals surface area (Å²) >= 11 is 5.17. The maximum Gasteiger partial charge on any atom is 0.315 e. The Morgan fingerprint density at radius 2 is 1.86 bits per heavy atom. The average molecular weight is 646 g/mol. The molecule has 2 heterocycles. The van der Waals surface area contributed by atoms with Crippen LogP contribution in [0.1, 0.15) is 44.9 Å². The number of carbonyl (C=O) groups is 2. The molecule has 2 aliphatic heterocycles. The average Bonchev–Trinajstić information content (AvgIpc) is 3.37. The number of hydrogen-bond donors (Lipinski definition) is 5. The van der Waals surface area contributed by atoms with Crippen LogP contribution in [0.15, 0.2) is 10.2 Å². The van der Waals surface area contributed by atoms with Gasteiger partial charge in [0, 0.05) is 58.6 Å². The molecule has 3 atom stereocenters. The first kappa shape index (κ1) is 35.8. The summed E-state index contributed by atoms with van der Waals surface area (Å²) in [5.41, 5.74) is 24.6. The van der Waals surface area contributed by atoms with Crippen LogP contribution in [-0.2, 0) is 4.79 Å². The van der Waals surface area contributed by atoms with Gasteiger partial charge in [0.05, 0.1) is 18.6 Å². The Balaban J connectivity index is 0. The van der Waals surface area contributed by atoms with E-state index in [1.165, 1.54) is 6.42 Å². The maximum atomic E-state index is 11.6. The Hall–Kier alpha value is -1.41. The highest BCUT2D eigenvalue weighted by Gasteiger charge is 2.42. The van der Waals surface area contributed by atoms with E-state index >= 15 is 0 Å². The molecule has 0 radical (unpaired) electrons. The van der Waals surface area contributed by atoms with Crippen molar-refractivity contribution < 1.29 is 15.3 Å². The summed E-state index contributed by atoms with van der Waals surface area (Å²) < 4.78 is 0. The van der Waals surface area contributed by atoms with Crippen molar-refractivity contribution in [3.63, 3.8) is 0 Å². The molecule has 0 saturated carbocycles. The molecule has 0 bridgehead atoms. The van der Waals surface area contributed by atoms with Crippen LogP contribution in [0.25, 0.3) is 20.9 Å². The lowest BCUT2D eigenvalue weighted by atomic mass is 10.0. The Morgan fingerprint density at radius 1 is 1.17 bits per heavy atom. The topological polar surface area (TPSA) is 221 Å². The third-order valence-electron chi connectivity index (χ3n) is 4.81. The molecule has 2 saturated heterocycles. The summed E-state index contributed by atoms with van der Waals surface area (Å²) in [5, 5.41) is 16.9. The third kappa shape index (κ3) is 19.5. The zero-order valence-corrected chi connectivity index (χ0v) is 24.2. The number of hydrogen-bond acceptors (Lipinski definition) is 6. The smallest absolute Gasteiger partial charge is 0.315 e. The van der Waals surface area contributed by atoms with E-state index in [0.29, 0.717) is 44.3 Å². The normalized spacial score (nSPS) is 18.9. The zero-order valence-electron chi connectivity index (χ0n) is 20.1. The molecule has 0 aromatic heterocycles. The molecule has 35 heavy (non-hydrogen) atoms. The molecule has 16 heteroatoms. The quantitative estimate of drug-likeness (QED) is 0.0480. The summed E-state index contributed by atoms with van der Waals surface area (Å²) in [4.78, 5) is 28.1. The third-order valence-corrected chi connectivity index (χ3v) is 6.88. The summed E-state index contributed by atoms with van der Waals surface area (Å²) in [5.74, 6) is 1.02. The number of urea groups is 1. The predicted molar refractivity (Wildman–Crippen MR) is 150 cm³/mol. The number of azide groups is 2. The van der Waals surface area contributed by atoms with E-state index in [4.69, 9.17) is 16.8 Å². The van der Waals surface area contributed by atoms with Gasteiger partial charge in [-0.05, 0) is 43.3 Å². The van der Waals surface area contributed by atoms with Gasteiger partial charge >= 0.3 is 6.03 Å². The van der Waals surface area contributed by atoms with E-state index in [0.717, 1.165) is 43.3 Å². The monoisotopic (exact) mass is 644 g/mol. The van der Waals surface area contributed by atoms with Gasteiger partial charge < -0.3 is 27.4 Å². The first-order chi connectivity index (χ1) is 16.5. The van der Waals surface area contributed by atoms with Gasteiger partial charge in [-0.1, -0.05) is 32.6 Å². The molecule has 0 aromatic carbocycles. The SMILES string of the molecule is Br.[N-]=[N+]=NCCCN.[N-]=[N+]=NCCCNC(=O)CCCCC1SC[C@@H]2NC(=O)N[C@H]12.[NH3+]CCCBr. The van der Waals surface area contributed by atoms with E-state index in [1.807, 2.05) is 11.8 Å². The predicted octanol–water partition coefficient (Wildman–Crippen LogP) is 2.77. The molecule has 2 rings (SSSR count). The van der Waals surface area contributed by atoms with Crippen LogP contribution >= 0.6 is 44.7 Å². The van der Waals surface area contributed by atoms with Crippen LogP contribution < -0.4 is 27.4 Å². The van der Waals surface area contributed by atoms with E-state index < -0.39 is 0 Å². The van der Waals surface area contributed by atoms with E-state index in [2.05, 4.69) is 57.7 Å². The van der Waals surface area contributed by atoms with Crippen molar-refractivity contribution in [1.29, 1.82) is 0 Å². The molecule has 2 aliphatic rings.